The smallest absolute Gasteiger partial charge is 0.331 e. The minimum atomic E-state index is -1.44. The van der Waals surface area contributed by atoms with Gasteiger partial charge in [0.15, 0.2) is 6.04 Å². The molecule has 0 aliphatic heterocycles. The minimum absolute atomic E-state index is 0.0859. The Bertz CT molecular complexity index is 699. The van der Waals surface area contributed by atoms with Crippen LogP contribution in [0.1, 0.15) is 32.0 Å². The number of carboxylic acid groups (broad SMARTS) is 1. The number of thiazole rings is 1. The maximum atomic E-state index is 13.7. The number of aliphatic carboxylic acids is 1. The molecule has 7 heteroatoms. The highest BCUT2D eigenvalue weighted by molar-refractivity contribution is 7.13. The second-order valence-electron chi connectivity index (χ2n) is 4.41. The molecule has 2 aromatic rings. The molecule has 0 unspecified atom stereocenters. The topological polar surface area (TPSA) is 79.3 Å². The Kier molecular flexibility index (Phi) is 4.32. The highest BCUT2D eigenvalue weighted by Crippen LogP contribution is 2.21. The van der Waals surface area contributed by atoms with Crippen LogP contribution in [0.15, 0.2) is 24.3 Å². The maximum absolute atomic E-state index is 13.7. The van der Waals surface area contributed by atoms with Crippen LogP contribution in [0, 0.1) is 19.7 Å². The second kappa shape index (κ2) is 6.01. The molecular weight excluding hydrogens is 295 g/mol. The van der Waals surface area contributed by atoms with Gasteiger partial charge in [-0.05, 0) is 19.9 Å². The summed E-state index contributed by atoms with van der Waals surface area (Å²) in [6.45, 7) is 3.41. The Labute approximate surface area is 124 Å². The zero-order chi connectivity index (χ0) is 15.6. The van der Waals surface area contributed by atoms with Crippen molar-refractivity contribution in [3.63, 3.8) is 0 Å². The van der Waals surface area contributed by atoms with E-state index in [4.69, 9.17) is 0 Å². The fraction of sp³-hybridized carbons (Fsp3) is 0.214. The number of carbonyl (C=O) groups excluding carboxylic acids is 1. The third-order valence-electron chi connectivity index (χ3n) is 2.85. The summed E-state index contributed by atoms with van der Waals surface area (Å²) in [7, 11) is 0. The summed E-state index contributed by atoms with van der Waals surface area (Å²) in [4.78, 5) is 27.9. The third-order valence-corrected chi connectivity index (χ3v) is 3.92. The fourth-order valence-electron chi connectivity index (χ4n) is 1.92. The van der Waals surface area contributed by atoms with Gasteiger partial charge in [-0.15, -0.1) is 11.3 Å². The van der Waals surface area contributed by atoms with E-state index in [0.717, 1.165) is 6.07 Å². The van der Waals surface area contributed by atoms with Gasteiger partial charge >= 0.3 is 5.97 Å². The first-order valence-corrected chi connectivity index (χ1v) is 6.94. The molecule has 0 saturated heterocycles. The summed E-state index contributed by atoms with van der Waals surface area (Å²) >= 11 is 1.17. The van der Waals surface area contributed by atoms with Crippen LogP contribution in [0.25, 0.3) is 0 Å². The standard InChI is InChI=1S/C14H13FN2O3S/c1-7-12(21-8(2)16-7)13(18)17-11(14(19)20)9-5-3-4-6-10(9)15/h3-6,11H,1-2H3,(H,17,18)(H,19,20)/t11-/m1/s1. The predicted octanol–water partition coefficient (Wildman–Crippen LogP) is 2.45. The van der Waals surface area contributed by atoms with Gasteiger partial charge in [0.25, 0.3) is 5.91 Å². The molecule has 5 nitrogen and oxygen atoms in total. The van der Waals surface area contributed by atoms with Crippen molar-refractivity contribution < 1.29 is 19.1 Å². The van der Waals surface area contributed by atoms with Crippen molar-refractivity contribution >= 4 is 23.2 Å². The van der Waals surface area contributed by atoms with Crippen molar-refractivity contribution in [3.05, 3.63) is 51.2 Å². The van der Waals surface area contributed by atoms with E-state index in [1.807, 2.05) is 0 Å². The van der Waals surface area contributed by atoms with E-state index >= 15 is 0 Å². The number of benzene rings is 1. The van der Waals surface area contributed by atoms with E-state index in [1.165, 1.54) is 29.5 Å². The number of halogens is 1. The molecule has 0 radical (unpaired) electrons. The Morgan fingerprint density at radius 2 is 2.00 bits per heavy atom. The van der Waals surface area contributed by atoms with Gasteiger partial charge in [0.1, 0.15) is 10.7 Å². The molecule has 2 rings (SSSR count). The number of aryl methyl sites for hydroxylation is 2. The molecule has 0 spiro atoms. The molecule has 1 heterocycles. The lowest BCUT2D eigenvalue weighted by atomic mass is 10.1. The SMILES string of the molecule is Cc1nc(C)c(C(=O)N[C@@H](C(=O)O)c2ccccc2F)s1. The van der Waals surface area contributed by atoms with Crippen LogP contribution < -0.4 is 5.32 Å². The number of nitrogens with one attached hydrogen (secondary N) is 1. The van der Waals surface area contributed by atoms with Gasteiger partial charge in [0.05, 0.1) is 10.7 Å². The van der Waals surface area contributed by atoms with Crippen molar-refractivity contribution in [1.29, 1.82) is 0 Å². The molecule has 0 aliphatic carbocycles. The summed E-state index contributed by atoms with van der Waals surface area (Å²) in [6, 6.07) is 4.01. The van der Waals surface area contributed by atoms with E-state index in [9.17, 15) is 19.1 Å². The van der Waals surface area contributed by atoms with Gasteiger partial charge in [-0.1, -0.05) is 18.2 Å². The monoisotopic (exact) mass is 308 g/mol. The average molecular weight is 308 g/mol. The number of rotatable bonds is 4. The van der Waals surface area contributed by atoms with Gasteiger partial charge < -0.3 is 10.4 Å². The summed E-state index contributed by atoms with van der Waals surface area (Å²) in [6.07, 6.45) is 0. The Hall–Kier alpha value is -2.28. The van der Waals surface area contributed by atoms with Crippen LogP contribution in [0.4, 0.5) is 4.39 Å². The van der Waals surface area contributed by atoms with Gasteiger partial charge in [-0.2, -0.15) is 0 Å². The normalized spacial score (nSPS) is 12.0. The largest absolute Gasteiger partial charge is 0.479 e. The first kappa shape index (κ1) is 15.1. The molecule has 0 bridgehead atoms. The summed E-state index contributed by atoms with van der Waals surface area (Å²) in [5.74, 6) is -2.58. The number of hydrogen-bond acceptors (Lipinski definition) is 4. The number of carboxylic acids is 1. The molecule has 1 amide bonds. The van der Waals surface area contributed by atoms with Crippen LogP contribution in [0.2, 0.25) is 0 Å². The molecule has 21 heavy (non-hydrogen) atoms. The van der Waals surface area contributed by atoms with Crippen molar-refractivity contribution in [1.82, 2.24) is 10.3 Å². The first-order valence-electron chi connectivity index (χ1n) is 6.12. The van der Waals surface area contributed by atoms with E-state index in [1.54, 1.807) is 13.8 Å². The maximum Gasteiger partial charge on any atom is 0.331 e. The van der Waals surface area contributed by atoms with E-state index in [-0.39, 0.29) is 5.56 Å². The number of aromatic nitrogens is 1. The van der Waals surface area contributed by atoms with E-state index < -0.39 is 23.7 Å². The quantitative estimate of drug-likeness (QED) is 0.909. The van der Waals surface area contributed by atoms with Crippen LogP contribution in [0.3, 0.4) is 0 Å². The number of carbonyl (C=O) groups is 2. The molecule has 1 aromatic carbocycles. The predicted molar refractivity (Wildman–Crippen MR) is 75.8 cm³/mol. The van der Waals surface area contributed by atoms with Gasteiger partial charge in [0.2, 0.25) is 0 Å². The van der Waals surface area contributed by atoms with Crippen molar-refractivity contribution in [2.45, 2.75) is 19.9 Å². The Morgan fingerprint density at radius 3 is 2.52 bits per heavy atom. The lowest BCUT2D eigenvalue weighted by molar-refractivity contribution is -0.139. The van der Waals surface area contributed by atoms with Gasteiger partial charge in [0, 0.05) is 5.56 Å². The van der Waals surface area contributed by atoms with E-state index in [2.05, 4.69) is 10.3 Å². The van der Waals surface area contributed by atoms with Crippen LogP contribution >= 0.6 is 11.3 Å². The Morgan fingerprint density at radius 1 is 1.33 bits per heavy atom. The van der Waals surface area contributed by atoms with Crippen molar-refractivity contribution in [2.75, 3.05) is 0 Å². The number of nitrogens with zero attached hydrogens (tertiary/aromatic N) is 1. The molecular formula is C14H13FN2O3S. The average Bonchev–Trinajstić information content (AvgIpc) is 2.75. The van der Waals surface area contributed by atoms with Crippen LogP contribution in [-0.2, 0) is 4.79 Å². The van der Waals surface area contributed by atoms with Gasteiger partial charge in [-0.3, -0.25) is 4.79 Å². The fourth-order valence-corrected chi connectivity index (χ4v) is 2.74. The van der Waals surface area contributed by atoms with Gasteiger partial charge in [-0.25, -0.2) is 14.2 Å². The zero-order valence-corrected chi connectivity index (χ0v) is 12.2. The third kappa shape index (κ3) is 3.25. The minimum Gasteiger partial charge on any atom is -0.479 e. The van der Waals surface area contributed by atoms with Crippen LogP contribution in [0.5, 0.6) is 0 Å². The second-order valence-corrected chi connectivity index (χ2v) is 5.62. The first-order chi connectivity index (χ1) is 9.90. The molecule has 2 N–H and O–H groups in total. The number of amides is 1. The molecule has 1 atom stereocenters. The van der Waals surface area contributed by atoms with Crippen molar-refractivity contribution in [2.24, 2.45) is 0 Å². The summed E-state index contributed by atoms with van der Waals surface area (Å²) in [5.41, 5.74) is 0.435. The van der Waals surface area contributed by atoms with E-state index in [0.29, 0.717) is 15.6 Å². The molecule has 0 saturated carbocycles. The molecule has 0 aliphatic rings. The summed E-state index contributed by atoms with van der Waals surface area (Å²) < 4.78 is 13.7. The van der Waals surface area contributed by atoms with Crippen molar-refractivity contribution in [3.8, 4) is 0 Å². The zero-order valence-electron chi connectivity index (χ0n) is 11.4. The summed E-state index contributed by atoms with van der Waals surface area (Å²) in [5, 5.41) is 12.3. The van der Waals surface area contributed by atoms with Crippen LogP contribution in [-0.4, -0.2) is 22.0 Å². The molecule has 1 aromatic heterocycles. The lowest BCUT2D eigenvalue weighted by Gasteiger charge is -2.15. The lowest BCUT2D eigenvalue weighted by Crippen LogP contribution is -2.34. The highest BCUT2D eigenvalue weighted by atomic mass is 32.1. The molecule has 110 valence electrons. The highest BCUT2D eigenvalue weighted by Gasteiger charge is 2.26. The Balaban J connectivity index is 2.29. The number of hydrogen-bond donors (Lipinski definition) is 2. The molecule has 0 fully saturated rings.